The van der Waals surface area contributed by atoms with Crippen molar-refractivity contribution in [3.8, 4) is 0 Å². The smallest absolute Gasteiger partial charge is 1.00 e. The van der Waals surface area contributed by atoms with E-state index in [0.717, 1.165) is 0 Å². The molecule has 0 aromatic rings. The van der Waals surface area contributed by atoms with Crippen molar-refractivity contribution < 1.29 is 24.9 Å². The summed E-state index contributed by atoms with van der Waals surface area (Å²) in [6.45, 7) is 0. The van der Waals surface area contributed by atoms with Crippen molar-refractivity contribution in [3.05, 3.63) is 0 Å². The van der Waals surface area contributed by atoms with Gasteiger partial charge in [-0.1, -0.05) is 0 Å². The van der Waals surface area contributed by atoms with Crippen molar-refractivity contribution in [1.82, 2.24) is 0 Å². The molecule has 0 saturated heterocycles. The van der Waals surface area contributed by atoms with E-state index in [2.05, 4.69) is 0 Å². The molecule has 0 N–H and O–H groups in total. The van der Waals surface area contributed by atoms with Crippen LogP contribution in [0.3, 0.4) is 0 Å². The minimum Gasteiger partial charge on any atom is -1.00 e. The van der Waals surface area contributed by atoms with Gasteiger partial charge in [0.1, 0.15) is 9.12 Å². The maximum Gasteiger partial charge on any atom is 1.00 e. The molecule has 0 aliphatic carbocycles. The summed E-state index contributed by atoms with van der Waals surface area (Å²) in [5, 5.41) is 0. The topological polar surface area (TPSA) is 17.1 Å². The normalized spacial score (nSPS) is 1.00. The Bertz CT molecular complexity index is 11.6. The van der Waals surface area contributed by atoms with E-state index < -0.39 is 0 Å². The van der Waals surface area contributed by atoms with Crippen LogP contribution in [0.1, 0.15) is 1.43 Å². The van der Waals surface area contributed by atoms with E-state index in [1.54, 1.807) is 9.12 Å². The predicted octanol–water partition coefficient (Wildman–Crippen LogP) is -3.59. The third-order valence-electron chi connectivity index (χ3n) is 0. The van der Waals surface area contributed by atoms with Crippen LogP contribution < -0.4 is 18.9 Å². The third kappa shape index (κ3) is 10.6. The molecule has 0 spiro atoms. The summed E-state index contributed by atoms with van der Waals surface area (Å²) >= 11 is 0. The zero-order valence-corrected chi connectivity index (χ0v) is 2.91. The largest absolute Gasteiger partial charge is 1.00 e. The van der Waals surface area contributed by atoms with Gasteiger partial charge < -0.3 is 1.43 Å². The molecule has 20 valence electrons. The Morgan fingerprint density at radius 2 is 1.50 bits per heavy atom. The fourth-order valence-electron chi connectivity index (χ4n) is 0. The molecule has 0 unspecified atom stereocenters. The Labute approximate surface area is 51.6 Å². The first kappa shape index (κ1) is 18.8. The Balaban J connectivity index is -0.00000000167. The van der Waals surface area contributed by atoms with Gasteiger partial charge >= 0.3 is 18.9 Å². The number of rotatable bonds is 0. The van der Waals surface area contributed by atoms with Crippen molar-refractivity contribution in [1.29, 1.82) is 0 Å². The summed E-state index contributed by atoms with van der Waals surface area (Å²) in [5.41, 5.74) is 0. The minimum atomic E-state index is 0. The van der Waals surface area contributed by atoms with Crippen molar-refractivity contribution in [2.75, 3.05) is 0 Å². The quantitative estimate of drug-likeness (QED) is 0.220. The van der Waals surface area contributed by atoms with E-state index in [9.17, 15) is 0 Å². The summed E-state index contributed by atoms with van der Waals surface area (Å²) in [6, 6.07) is 0. The predicted molar refractivity (Wildman–Crippen MR) is 20.1 cm³/mol. The molecule has 0 atom stereocenters. The second kappa shape index (κ2) is 29.2. The van der Waals surface area contributed by atoms with Crippen LogP contribution in [0.2, 0.25) is 0 Å². The van der Waals surface area contributed by atoms with Crippen LogP contribution >= 0.6 is 9.12 Å². The molecule has 0 aliphatic rings. The summed E-state index contributed by atoms with van der Waals surface area (Å²) < 4.78 is 8.06. The number of hydrogen-bond donors (Lipinski definition) is 0. The molecular weight excluding hydrogens is 80.9 g/mol. The molecular formula is H5AlLiOP. The molecule has 4 heavy (non-hydrogen) atoms. The van der Waals surface area contributed by atoms with Crippen LogP contribution in [-0.2, 0) is 4.57 Å². The van der Waals surface area contributed by atoms with Gasteiger partial charge in [0.15, 0.2) is 17.4 Å². The zero-order valence-electron chi connectivity index (χ0n) is 2.91. The van der Waals surface area contributed by atoms with Gasteiger partial charge in [-0.15, -0.1) is 0 Å². The standard InChI is InChI=1S/Al.Li.HOP.4H/c;;1-2;;;;/h;;2H;;;;/q;+1;;;;;-1. The third-order valence-corrected chi connectivity index (χ3v) is 0. The van der Waals surface area contributed by atoms with Crippen LogP contribution in [0.15, 0.2) is 0 Å². The van der Waals surface area contributed by atoms with Crippen molar-refractivity contribution >= 4 is 26.5 Å². The van der Waals surface area contributed by atoms with Gasteiger partial charge in [-0.3, -0.25) is 4.57 Å². The van der Waals surface area contributed by atoms with Crippen LogP contribution in [0.25, 0.3) is 0 Å². The SMILES string of the molecule is O=P.[AlH3].[H-].[Li+]. The molecule has 0 aliphatic heterocycles. The van der Waals surface area contributed by atoms with Gasteiger partial charge in [-0.05, 0) is 0 Å². The van der Waals surface area contributed by atoms with Crippen molar-refractivity contribution in [3.63, 3.8) is 0 Å². The Morgan fingerprint density at radius 1 is 1.50 bits per heavy atom. The first-order chi connectivity index (χ1) is 1.00. The van der Waals surface area contributed by atoms with Crippen molar-refractivity contribution in [2.24, 2.45) is 0 Å². The van der Waals surface area contributed by atoms with Crippen LogP contribution in [-0.4, -0.2) is 17.4 Å². The van der Waals surface area contributed by atoms with E-state index in [0.29, 0.717) is 0 Å². The summed E-state index contributed by atoms with van der Waals surface area (Å²) in [4.78, 5) is 0. The molecule has 0 heterocycles. The summed E-state index contributed by atoms with van der Waals surface area (Å²) in [7, 11) is 1.72. The van der Waals surface area contributed by atoms with E-state index in [-0.39, 0.29) is 37.6 Å². The van der Waals surface area contributed by atoms with E-state index in [1.807, 2.05) is 0 Å². The van der Waals surface area contributed by atoms with E-state index in [4.69, 9.17) is 4.57 Å². The molecule has 0 rings (SSSR count). The molecule has 0 bridgehead atoms. The van der Waals surface area contributed by atoms with Gasteiger partial charge in [-0.25, -0.2) is 0 Å². The maximum absolute atomic E-state index is 8.06. The van der Waals surface area contributed by atoms with Gasteiger partial charge in [0.25, 0.3) is 0 Å². The van der Waals surface area contributed by atoms with Crippen LogP contribution in [0.4, 0.5) is 0 Å². The minimum absolute atomic E-state index is 0. The van der Waals surface area contributed by atoms with E-state index in [1.165, 1.54) is 0 Å². The fraction of sp³-hybridized carbons (Fsp3) is 0. The van der Waals surface area contributed by atoms with Gasteiger partial charge in [-0.2, -0.15) is 0 Å². The van der Waals surface area contributed by atoms with Gasteiger partial charge in [0, 0.05) is 0 Å². The van der Waals surface area contributed by atoms with Gasteiger partial charge in [0.2, 0.25) is 0 Å². The molecule has 0 radical (unpaired) electrons. The monoisotopic (exact) mass is 86.0 g/mol. The van der Waals surface area contributed by atoms with Gasteiger partial charge in [0.05, 0.1) is 0 Å². The first-order valence-corrected chi connectivity index (χ1v) is 0.612. The first-order valence-electron chi connectivity index (χ1n) is 0.204. The average Bonchev–Trinajstić information content (AvgIpc) is 1.00. The molecule has 0 aromatic heterocycles. The summed E-state index contributed by atoms with van der Waals surface area (Å²) in [5.74, 6) is 0. The van der Waals surface area contributed by atoms with Crippen molar-refractivity contribution in [2.45, 2.75) is 0 Å². The molecule has 0 fully saturated rings. The maximum atomic E-state index is 8.06. The fourth-order valence-corrected chi connectivity index (χ4v) is 0. The Hall–Kier alpha value is 1.23. The molecule has 0 aromatic carbocycles. The second-order valence-corrected chi connectivity index (χ2v) is 0. The molecule has 1 nitrogen and oxygen atoms in total. The molecule has 0 saturated carbocycles. The van der Waals surface area contributed by atoms with Crippen LogP contribution in [0, 0.1) is 0 Å². The Morgan fingerprint density at radius 3 is 1.50 bits per heavy atom. The molecule has 4 heteroatoms. The summed E-state index contributed by atoms with van der Waals surface area (Å²) in [6.07, 6.45) is 0. The molecule has 0 amide bonds. The second-order valence-electron chi connectivity index (χ2n) is 0. The van der Waals surface area contributed by atoms with E-state index >= 15 is 0 Å². The Kier molecular flexibility index (Phi) is 137. The zero-order chi connectivity index (χ0) is 2.00. The van der Waals surface area contributed by atoms with Crippen LogP contribution in [0.5, 0.6) is 0 Å². The average molecular weight is 85.9 g/mol. The number of hydrogen-bond acceptors (Lipinski definition) is 1.